The van der Waals surface area contributed by atoms with E-state index in [0.717, 1.165) is 6.42 Å². The Bertz CT molecular complexity index is 654. The van der Waals surface area contributed by atoms with Gasteiger partial charge in [-0.1, -0.05) is 0 Å². The Labute approximate surface area is 135 Å². The van der Waals surface area contributed by atoms with Gasteiger partial charge in [-0.25, -0.2) is 0 Å². The van der Waals surface area contributed by atoms with Gasteiger partial charge < -0.3 is 10.1 Å². The molecule has 6 heteroatoms. The van der Waals surface area contributed by atoms with Gasteiger partial charge in [0, 0.05) is 30.6 Å². The predicted octanol–water partition coefficient (Wildman–Crippen LogP) is 1.85. The second-order valence-corrected chi connectivity index (χ2v) is 6.19. The van der Waals surface area contributed by atoms with Crippen LogP contribution in [-0.2, 0) is 11.2 Å². The van der Waals surface area contributed by atoms with Gasteiger partial charge >= 0.3 is 0 Å². The minimum atomic E-state index is -0.0913. The van der Waals surface area contributed by atoms with Crippen LogP contribution in [0.1, 0.15) is 35.9 Å². The van der Waals surface area contributed by atoms with Crippen molar-refractivity contribution in [2.75, 3.05) is 13.2 Å². The van der Waals surface area contributed by atoms with E-state index in [4.69, 9.17) is 4.74 Å². The van der Waals surface area contributed by atoms with E-state index in [-0.39, 0.29) is 23.9 Å². The van der Waals surface area contributed by atoms with Crippen molar-refractivity contribution in [3.8, 4) is 0 Å². The van der Waals surface area contributed by atoms with Gasteiger partial charge in [0.05, 0.1) is 19.3 Å². The zero-order chi connectivity index (χ0) is 16.2. The second-order valence-electron chi connectivity index (χ2n) is 6.19. The number of ether oxygens (including phenoxy) is 1. The Morgan fingerprint density at radius 3 is 2.83 bits per heavy atom. The summed E-state index contributed by atoms with van der Waals surface area (Å²) in [6.45, 7) is 5.23. The van der Waals surface area contributed by atoms with Crippen molar-refractivity contribution >= 4 is 5.91 Å². The van der Waals surface area contributed by atoms with E-state index in [1.165, 1.54) is 5.56 Å². The molecule has 2 atom stereocenters. The van der Waals surface area contributed by atoms with E-state index in [2.05, 4.69) is 15.4 Å². The normalized spacial score (nSPS) is 20.8. The van der Waals surface area contributed by atoms with Gasteiger partial charge in [0.15, 0.2) is 0 Å². The molecule has 1 N–H and O–H groups in total. The highest BCUT2D eigenvalue weighted by Crippen LogP contribution is 2.19. The monoisotopic (exact) mass is 314 g/mol. The van der Waals surface area contributed by atoms with E-state index in [9.17, 15) is 4.79 Å². The lowest BCUT2D eigenvalue weighted by atomic mass is 9.95. The number of nitrogens with zero attached hydrogens (tertiary/aromatic N) is 3. The van der Waals surface area contributed by atoms with Crippen molar-refractivity contribution in [1.29, 1.82) is 0 Å². The topological polar surface area (TPSA) is 69.0 Å². The largest absolute Gasteiger partial charge is 0.379 e. The number of hydrogen-bond donors (Lipinski definition) is 1. The van der Waals surface area contributed by atoms with Crippen molar-refractivity contribution in [1.82, 2.24) is 20.1 Å². The first kappa shape index (κ1) is 15.7. The number of hydrogen-bond acceptors (Lipinski definition) is 4. The summed E-state index contributed by atoms with van der Waals surface area (Å²) in [7, 11) is 0. The highest BCUT2D eigenvalue weighted by molar-refractivity contribution is 5.92. The third kappa shape index (κ3) is 3.59. The smallest absolute Gasteiger partial charge is 0.269 e. The molecular formula is C17H22N4O2. The first-order valence-electron chi connectivity index (χ1n) is 7.96. The van der Waals surface area contributed by atoms with Crippen molar-refractivity contribution in [3.05, 3.63) is 48.0 Å². The zero-order valence-corrected chi connectivity index (χ0v) is 13.5. The molecule has 1 saturated heterocycles. The molecule has 122 valence electrons. The van der Waals surface area contributed by atoms with Crippen LogP contribution in [0.15, 0.2) is 36.8 Å². The van der Waals surface area contributed by atoms with Gasteiger partial charge in [0.25, 0.3) is 5.91 Å². The average molecular weight is 314 g/mol. The molecule has 2 unspecified atom stereocenters. The molecule has 2 aromatic heterocycles. The fourth-order valence-corrected chi connectivity index (χ4v) is 2.93. The van der Waals surface area contributed by atoms with Crippen LogP contribution in [0.5, 0.6) is 0 Å². The Hall–Kier alpha value is -2.21. The third-order valence-electron chi connectivity index (χ3n) is 4.15. The lowest BCUT2D eigenvalue weighted by Gasteiger charge is -2.20. The number of aromatic nitrogens is 3. The van der Waals surface area contributed by atoms with Crippen LogP contribution in [-0.4, -0.2) is 39.9 Å². The van der Waals surface area contributed by atoms with Gasteiger partial charge in [-0.3, -0.25) is 14.5 Å². The first-order chi connectivity index (χ1) is 11.1. The predicted molar refractivity (Wildman–Crippen MR) is 86.1 cm³/mol. The van der Waals surface area contributed by atoms with Gasteiger partial charge in [0.1, 0.15) is 5.69 Å². The number of carbonyl (C=O) groups is 1. The van der Waals surface area contributed by atoms with Gasteiger partial charge in [0.2, 0.25) is 0 Å². The van der Waals surface area contributed by atoms with Crippen LogP contribution in [0.2, 0.25) is 0 Å². The van der Waals surface area contributed by atoms with E-state index < -0.39 is 0 Å². The van der Waals surface area contributed by atoms with Crippen LogP contribution >= 0.6 is 0 Å². The summed E-state index contributed by atoms with van der Waals surface area (Å²) in [6, 6.07) is 5.93. The number of amides is 1. The summed E-state index contributed by atoms with van der Waals surface area (Å²) in [5, 5.41) is 7.32. The average Bonchev–Trinajstić information content (AvgIpc) is 3.18. The highest BCUT2D eigenvalue weighted by atomic mass is 16.5. The van der Waals surface area contributed by atoms with E-state index in [0.29, 0.717) is 18.9 Å². The van der Waals surface area contributed by atoms with Gasteiger partial charge in [-0.2, -0.15) is 5.10 Å². The van der Waals surface area contributed by atoms with Crippen LogP contribution in [0, 0.1) is 5.92 Å². The van der Waals surface area contributed by atoms with Crippen molar-refractivity contribution in [2.24, 2.45) is 5.92 Å². The fraction of sp³-hybridized carbons (Fsp3) is 0.471. The second kappa shape index (κ2) is 6.91. The quantitative estimate of drug-likeness (QED) is 0.914. The maximum Gasteiger partial charge on any atom is 0.269 e. The lowest BCUT2D eigenvalue weighted by molar-refractivity contribution is 0.0912. The van der Waals surface area contributed by atoms with Crippen LogP contribution < -0.4 is 5.32 Å². The minimum absolute atomic E-state index is 0.0196. The molecule has 6 nitrogen and oxygen atoms in total. The molecule has 23 heavy (non-hydrogen) atoms. The van der Waals surface area contributed by atoms with Crippen molar-refractivity contribution in [3.63, 3.8) is 0 Å². The molecule has 1 aliphatic rings. The Morgan fingerprint density at radius 1 is 1.30 bits per heavy atom. The molecular weight excluding hydrogens is 292 g/mol. The zero-order valence-electron chi connectivity index (χ0n) is 13.5. The summed E-state index contributed by atoms with van der Waals surface area (Å²) in [6.07, 6.45) is 6.12. The van der Waals surface area contributed by atoms with Gasteiger partial charge in [-0.05, 0) is 44.0 Å². The van der Waals surface area contributed by atoms with Crippen molar-refractivity contribution in [2.45, 2.75) is 32.4 Å². The van der Waals surface area contributed by atoms with E-state index in [1.807, 2.05) is 26.0 Å². The molecule has 0 aliphatic carbocycles. The summed E-state index contributed by atoms with van der Waals surface area (Å²) in [4.78, 5) is 16.6. The SMILES string of the molecule is CC(C)n1nccc1C(=O)NC1COCC1Cc1ccncc1. The first-order valence-corrected chi connectivity index (χ1v) is 7.96. The van der Waals surface area contributed by atoms with E-state index in [1.54, 1.807) is 29.3 Å². The molecule has 0 bridgehead atoms. The maximum atomic E-state index is 12.5. The Morgan fingerprint density at radius 2 is 2.09 bits per heavy atom. The van der Waals surface area contributed by atoms with Gasteiger partial charge in [-0.15, -0.1) is 0 Å². The van der Waals surface area contributed by atoms with E-state index >= 15 is 0 Å². The molecule has 0 spiro atoms. The Kier molecular flexibility index (Phi) is 4.71. The number of rotatable bonds is 5. The minimum Gasteiger partial charge on any atom is -0.379 e. The number of pyridine rings is 1. The molecule has 3 heterocycles. The summed E-state index contributed by atoms with van der Waals surface area (Å²) >= 11 is 0. The summed E-state index contributed by atoms with van der Waals surface area (Å²) in [5.41, 5.74) is 1.80. The third-order valence-corrected chi connectivity index (χ3v) is 4.15. The fourth-order valence-electron chi connectivity index (χ4n) is 2.93. The summed E-state index contributed by atoms with van der Waals surface area (Å²) in [5.74, 6) is 0.184. The highest BCUT2D eigenvalue weighted by Gasteiger charge is 2.30. The Balaban J connectivity index is 1.66. The molecule has 2 aromatic rings. The van der Waals surface area contributed by atoms with Crippen LogP contribution in [0.25, 0.3) is 0 Å². The molecule has 1 fully saturated rings. The molecule has 0 aromatic carbocycles. The summed E-state index contributed by atoms with van der Waals surface area (Å²) < 4.78 is 7.32. The molecule has 1 aliphatic heterocycles. The van der Waals surface area contributed by atoms with Crippen LogP contribution in [0.3, 0.4) is 0 Å². The molecule has 1 amide bonds. The molecule has 0 radical (unpaired) electrons. The number of carbonyl (C=O) groups excluding carboxylic acids is 1. The van der Waals surface area contributed by atoms with Crippen LogP contribution in [0.4, 0.5) is 0 Å². The standard InChI is InChI=1S/C17H22N4O2/c1-12(2)21-16(5-8-19-21)17(22)20-15-11-23-10-14(15)9-13-3-6-18-7-4-13/h3-8,12,14-15H,9-11H2,1-2H3,(H,20,22). The molecule has 3 rings (SSSR count). The molecule has 0 saturated carbocycles. The number of nitrogens with one attached hydrogen (secondary N) is 1. The lowest BCUT2D eigenvalue weighted by Crippen LogP contribution is -2.41. The van der Waals surface area contributed by atoms with Crippen molar-refractivity contribution < 1.29 is 9.53 Å². The maximum absolute atomic E-state index is 12.5.